The molecule has 2 aromatic rings. The molecule has 0 aliphatic heterocycles. The molecule has 118 valence electrons. The maximum absolute atomic E-state index is 14.4. The van der Waals surface area contributed by atoms with Crippen LogP contribution in [0.2, 0.25) is 19.6 Å². The van der Waals surface area contributed by atoms with Gasteiger partial charge in [0.05, 0.1) is 13.8 Å². The summed E-state index contributed by atoms with van der Waals surface area (Å²) in [6, 6.07) is 7.61. The summed E-state index contributed by atoms with van der Waals surface area (Å²) in [5.41, 5.74) is 3.35. The predicted molar refractivity (Wildman–Crippen MR) is 95.9 cm³/mol. The summed E-state index contributed by atoms with van der Waals surface area (Å²) >= 11 is 0. The minimum Gasteiger partial charge on any atom is -0.256 e. The molecule has 0 radical (unpaired) electrons. The maximum atomic E-state index is 14.4. The fourth-order valence-corrected chi connectivity index (χ4v) is 4.36. The Bertz CT molecular complexity index is 672. The number of benzene rings is 1. The van der Waals surface area contributed by atoms with E-state index in [9.17, 15) is 4.39 Å². The van der Waals surface area contributed by atoms with Gasteiger partial charge in [0.25, 0.3) is 0 Å². The third-order valence-electron chi connectivity index (χ3n) is 3.89. The Labute approximate surface area is 134 Å². The molecular formula is C19H26FNSi. The lowest BCUT2D eigenvalue weighted by Crippen LogP contribution is -2.40. The second-order valence-corrected chi connectivity index (χ2v) is 12.5. The van der Waals surface area contributed by atoms with Crippen molar-refractivity contribution in [3.8, 4) is 11.3 Å². The summed E-state index contributed by atoms with van der Waals surface area (Å²) < 4.78 is 14.4. The molecule has 3 heteroatoms. The zero-order chi connectivity index (χ0) is 16.5. The first kappa shape index (κ1) is 16.9. The molecule has 1 aromatic heterocycles. The van der Waals surface area contributed by atoms with Crippen LogP contribution in [0, 0.1) is 18.7 Å². The molecule has 2 rings (SSSR count). The molecule has 22 heavy (non-hydrogen) atoms. The van der Waals surface area contributed by atoms with E-state index in [0.717, 1.165) is 12.1 Å². The molecule has 0 spiro atoms. The smallest absolute Gasteiger partial charge is 0.135 e. The number of pyridine rings is 1. The minimum atomic E-state index is -1.45. The van der Waals surface area contributed by atoms with Crippen molar-refractivity contribution in [2.24, 2.45) is 5.92 Å². The first-order chi connectivity index (χ1) is 10.2. The van der Waals surface area contributed by atoms with Gasteiger partial charge < -0.3 is 0 Å². The van der Waals surface area contributed by atoms with Crippen LogP contribution in [0.15, 0.2) is 30.5 Å². The van der Waals surface area contributed by atoms with E-state index in [1.54, 1.807) is 13.0 Å². The van der Waals surface area contributed by atoms with E-state index in [4.69, 9.17) is 0 Å². The number of halogens is 1. The maximum Gasteiger partial charge on any atom is 0.135 e. The number of rotatable bonds is 4. The number of aryl methyl sites for hydroxylation is 1. The van der Waals surface area contributed by atoms with Crippen molar-refractivity contribution < 1.29 is 4.39 Å². The minimum absolute atomic E-state index is 0.161. The second-order valence-electron chi connectivity index (χ2n) is 7.51. The number of hydrogen-bond donors (Lipinski definition) is 0. The van der Waals surface area contributed by atoms with Gasteiger partial charge in [0, 0.05) is 11.8 Å². The molecule has 0 fully saturated rings. The van der Waals surface area contributed by atoms with Gasteiger partial charge in [-0.1, -0.05) is 45.6 Å². The van der Waals surface area contributed by atoms with Gasteiger partial charge in [0.2, 0.25) is 0 Å². The SMILES string of the molecule is Cc1cccc(-c2cc(CC(C)C)c([Si](C)(C)C)cn2)c1F. The monoisotopic (exact) mass is 315 g/mol. The molecule has 0 saturated heterocycles. The average molecular weight is 316 g/mol. The Morgan fingerprint density at radius 1 is 1.18 bits per heavy atom. The van der Waals surface area contributed by atoms with E-state index in [1.165, 1.54) is 10.8 Å². The Morgan fingerprint density at radius 3 is 2.45 bits per heavy atom. The second kappa shape index (κ2) is 6.33. The Balaban J connectivity index is 2.58. The summed E-state index contributed by atoms with van der Waals surface area (Å²) in [4.78, 5) is 4.58. The van der Waals surface area contributed by atoms with Crippen molar-refractivity contribution in [2.75, 3.05) is 0 Å². The van der Waals surface area contributed by atoms with Gasteiger partial charge in [-0.05, 0) is 47.7 Å². The Morgan fingerprint density at radius 2 is 1.86 bits per heavy atom. The summed E-state index contributed by atoms with van der Waals surface area (Å²) in [5, 5.41) is 1.39. The van der Waals surface area contributed by atoms with Crippen LogP contribution in [0.25, 0.3) is 11.3 Å². The quantitative estimate of drug-likeness (QED) is 0.728. The molecule has 0 unspecified atom stereocenters. The molecule has 0 atom stereocenters. The van der Waals surface area contributed by atoms with Gasteiger partial charge in [-0.3, -0.25) is 4.98 Å². The highest BCUT2D eigenvalue weighted by Gasteiger charge is 2.22. The highest BCUT2D eigenvalue weighted by Crippen LogP contribution is 2.24. The molecule has 0 N–H and O–H groups in total. The topological polar surface area (TPSA) is 12.9 Å². The number of nitrogens with zero attached hydrogens (tertiary/aromatic N) is 1. The molecule has 1 heterocycles. The van der Waals surface area contributed by atoms with Crippen molar-refractivity contribution in [2.45, 2.75) is 46.8 Å². The fraction of sp³-hybridized carbons (Fsp3) is 0.421. The van der Waals surface area contributed by atoms with Gasteiger partial charge in [-0.15, -0.1) is 0 Å². The van der Waals surface area contributed by atoms with Crippen LogP contribution in [-0.4, -0.2) is 13.1 Å². The number of aromatic nitrogens is 1. The standard InChI is InChI=1S/C19H26FNSi/c1-13(2)10-15-11-17(21-12-18(15)22(4,5)6)16-9-7-8-14(3)19(16)20/h7-9,11-13H,10H2,1-6H3. The van der Waals surface area contributed by atoms with Crippen molar-refractivity contribution in [3.63, 3.8) is 0 Å². The zero-order valence-corrected chi connectivity index (χ0v) is 15.5. The van der Waals surface area contributed by atoms with Crippen LogP contribution >= 0.6 is 0 Å². The van der Waals surface area contributed by atoms with Crippen molar-refractivity contribution >= 4 is 13.3 Å². The van der Waals surface area contributed by atoms with Crippen LogP contribution in [0.4, 0.5) is 4.39 Å². The van der Waals surface area contributed by atoms with Crippen LogP contribution in [0.1, 0.15) is 25.0 Å². The zero-order valence-electron chi connectivity index (χ0n) is 14.5. The lowest BCUT2D eigenvalue weighted by Gasteiger charge is -2.22. The summed E-state index contributed by atoms with van der Waals surface area (Å²) in [5.74, 6) is 0.416. The van der Waals surface area contributed by atoms with E-state index >= 15 is 0 Å². The van der Waals surface area contributed by atoms with E-state index in [1.807, 2.05) is 18.3 Å². The third kappa shape index (κ3) is 3.64. The highest BCUT2D eigenvalue weighted by molar-refractivity contribution is 6.89. The lowest BCUT2D eigenvalue weighted by molar-refractivity contribution is 0.621. The summed E-state index contributed by atoms with van der Waals surface area (Å²) in [6.07, 6.45) is 3.00. The Kier molecular flexibility index (Phi) is 4.86. The van der Waals surface area contributed by atoms with E-state index in [-0.39, 0.29) is 5.82 Å². The largest absolute Gasteiger partial charge is 0.256 e. The normalized spacial score (nSPS) is 12.0. The fourth-order valence-electron chi connectivity index (χ4n) is 2.77. The van der Waals surface area contributed by atoms with E-state index in [0.29, 0.717) is 17.0 Å². The van der Waals surface area contributed by atoms with Crippen molar-refractivity contribution in [3.05, 3.63) is 47.4 Å². The Hall–Kier alpha value is -1.48. The summed E-state index contributed by atoms with van der Waals surface area (Å²) in [6.45, 7) is 13.2. The first-order valence-corrected chi connectivity index (χ1v) is 11.4. The van der Waals surface area contributed by atoms with Gasteiger partial charge in [0.1, 0.15) is 5.82 Å². The predicted octanol–water partition coefficient (Wildman–Crippen LogP) is 4.94. The van der Waals surface area contributed by atoms with Crippen molar-refractivity contribution in [1.29, 1.82) is 0 Å². The van der Waals surface area contributed by atoms with Crippen LogP contribution in [-0.2, 0) is 6.42 Å². The molecule has 1 aromatic carbocycles. The van der Waals surface area contributed by atoms with E-state index in [2.05, 4.69) is 44.5 Å². The van der Waals surface area contributed by atoms with Crippen LogP contribution < -0.4 is 5.19 Å². The molecule has 1 nitrogen and oxygen atoms in total. The van der Waals surface area contributed by atoms with E-state index < -0.39 is 8.07 Å². The van der Waals surface area contributed by atoms with Gasteiger partial charge >= 0.3 is 0 Å². The molecule has 0 amide bonds. The van der Waals surface area contributed by atoms with Gasteiger partial charge in [0.15, 0.2) is 0 Å². The molecule has 0 saturated carbocycles. The van der Waals surface area contributed by atoms with Gasteiger partial charge in [-0.2, -0.15) is 0 Å². The summed E-state index contributed by atoms with van der Waals surface area (Å²) in [7, 11) is -1.45. The van der Waals surface area contributed by atoms with Crippen molar-refractivity contribution in [1.82, 2.24) is 4.98 Å². The van der Waals surface area contributed by atoms with Crippen LogP contribution in [0.3, 0.4) is 0 Å². The highest BCUT2D eigenvalue weighted by atomic mass is 28.3. The third-order valence-corrected chi connectivity index (χ3v) is 5.96. The number of hydrogen-bond acceptors (Lipinski definition) is 1. The molecule has 0 aliphatic carbocycles. The van der Waals surface area contributed by atoms with Crippen LogP contribution in [0.5, 0.6) is 0 Å². The first-order valence-electron chi connectivity index (χ1n) is 7.95. The molecule has 0 bridgehead atoms. The van der Waals surface area contributed by atoms with Gasteiger partial charge in [-0.25, -0.2) is 4.39 Å². The molecule has 0 aliphatic rings. The average Bonchev–Trinajstić information content (AvgIpc) is 2.40. The molecular weight excluding hydrogens is 289 g/mol. The lowest BCUT2D eigenvalue weighted by atomic mass is 10.0.